The molecule has 0 aliphatic rings. The van der Waals surface area contributed by atoms with Crippen LogP contribution in [0.1, 0.15) is 0 Å². The Morgan fingerprint density at radius 3 is 1.43 bits per heavy atom. The van der Waals surface area contributed by atoms with Crippen LogP contribution in [0.3, 0.4) is 0 Å². The van der Waals surface area contributed by atoms with E-state index in [2.05, 4.69) is 188 Å². The number of rotatable bonds is 6. The van der Waals surface area contributed by atoms with E-state index in [1.807, 2.05) is 24.3 Å². The highest BCUT2D eigenvalue weighted by molar-refractivity contribution is 6.25. The van der Waals surface area contributed by atoms with E-state index in [4.69, 9.17) is 19.4 Å². The van der Waals surface area contributed by atoms with Crippen LogP contribution in [0.15, 0.2) is 217 Å². The summed E-state index contributed by atoms with van der Waals surface area (Å²) in [7, 11) is 0. The lowest BCUT2D eigenvalue weighted by Gasteiger charge is -2.13. The summed E-state index contributed by atoms with van der Waals surface area (Å²) in [6.07, 6.45) is 0. The van der Waals surface area contributed by atoms with Crippen LogP contribution in [0.4, 0.5) is 0 Å². The molecule has 0 N–H and O–H groups in total. The summed E-state index contributed by atoms with van der Waals surface area (Å²) in [5.74, 6) is 1.79. The highest BCUT2D eigenvalue weighted by Crippen LogP contribution is 2.42. The van der Waals surface area contributed by atoms with Crippen LogP contribution in [-0.4, -0.2) is 15.0 Å². The van der Waals surface area contributed by atoms with Crippen molar-refractivity contribution in [3.63, 3.8) is 0 Å². The number of nitrogens with zero attached hydrogens (tertiary/aromatic N) is 3. The van der Waals surface area contributed by atoms with Crippen molar-refractivity contribution in [3.05, 3.63) is 212 Å². The number of hydrogen-bond acceptors (Lipinski definition) is 4. The van der Waals surface area contributed by atoms with Crippen molar-refractivity contribution in [3.8, 4) is 67.5 Å². The lowest BCUT2D eigenvalue weighted by Crippen LogP contribution is -2.00. The van der Waals surface area contributed by atoms with E-state index in [-0.39, 0.29) is 0 Å². The molecular weight excluding hydrogens is 743 g/mol. The minimum absolute atomic E-state index is 0.584. The van der Waals surface area contributed by atoms with Gasteiger partial charge in [0, 0.05) is 33.0 Å². The van der Waals surface area contributed by atoms with Gasteiger partial charge in [-0.15, -0.1) is 0 Å². The van der Waals surface area contributed by atoms with Gasteiger partial charge in [-0.1, -0.05) is 194 Å². The van der Waals surface area contributed by atoms with Crippen molar-refractivity contribution in [1.82, 2.24) is 15.0 Å². The summed E-state index contributed by atoms with van der Waals surface area (Å²) in [5.41, 5.74) is 11.1. The fourth-order valence-electron chi connectivity index (χ4n) is 9.00. The molecule has 0 aliphatic carbocycles. The second kappa shape index (κ2) is 14.3. The Balaban J connectivity index is 1.06. The molecular formula is C57H35N3O. The van der Waals surface area contributed by atoms with Gasteiger partial charge in [-0.05, 0) is 78.3 Å². The van der Waals surface area contributed by atoms with Crippen LogP contribution in [0.5, 0.6) is 0 Å². The van der Waals surface area contributed by atoms with Crippen LogP contribution >= 0.6 is 0 Å². The van der Waals surface area contributed by atoms with Gasteiger partial charge in [0.05, 0.1) is 0 Å². The fourth-order valence-corrected chi connectivity index (χ4v) is 9.00. The largest absolute Gasteiger partial charge is 0.455 e. The second-order valence-corrected chi connectivity index (χ2v) is 15.5. The fraction of sp³-hybridized carbons (Fsp3) is 0. The normalized spacial score (nSPS) is 11.6. The first-order valence-electron chi connectivity index (χ1n) is 20.6. The SMILES string of the molecule is c1ccc(-c2ccc(-c3nc(-c4ccc5c6ccccc6c6ccccc6c5c4)nc(-c4cccc5oc6c(-c7cccc(-c8ccccc8)c7)cccc6c45)n3)cc2)cc1. The van der Waals surface area contributed by atoms with E-state index >= 15 is 0 Å². The van der Waals surface area contributed by atoms with Gasteiger partial charge < -0.3 is 4.42 Å². The Kier molecular flexibility index (Phi) is 8.13. The molecule has 0 atom stereocenters. The number of hydrogen-bond donors (Lipinski definition) is 0. The van der Waals surface area contributed by atoms with Gasteiger partial charge in [-0.3, -0.25) is 0 Å². The lowest BCUT2D eigenvalue weighted by atomic mass is 9.93. The van der Waals surface area contributed by atoms with Gasteiger partial charge in [-0.25, -0.2) is 15.0 Å². The molecule has 10 aromatic carbocycles. The molecule has 2 heterocycles. The van der Waals surface area contributed by atoms with Gasteiger partial charge in [0.25, 0.3) is 0 Å². The number of para-hydroxylation sites is 1. The molecule has 0 aliphatic heterocycles. The van der Waals surface area contributed by atoms with E-state index in [1.54, 1.807) is 0 Å². The molecule has 4 heteroatoms. The van der Waals surface area contributed by atoms with Crippen molar-refractivity contribution in [2.24, 2.45) is 0 Å². The minimum Gasteiger partial charge on any atom is -0.455 e. The number of furan rings is 1. The molecule has 61 heavy (non-hydrogen) atoms. The van der Waals surface area contributed by atoms with E-state index in [0.29, 0.717) is 17.5 Å². The van der Waals surface area contributed by atoms with Crippen LogP contribution in [-0.2, 0) is 0 Å². The van der Waals surface area contributed by atoms with Crippen molar-refractivity contribution in [2.45, 2.75) is 0 Å². The average molecular weight is 778 g/mol. The van der Waals surface area contributed by atoms with Crippen molar-refractivity contribution < 1.29 is 4.42 Å². The summed E-state index contributed by atoms with van der Waals surface area (Å²) in [4.78, 5) is 15.8. The van der Waals surface area contributed by atoms with Gasteiger partial charge in [-0.2, -0.15) is 0 Å². The molecule has 12 rings (SSSR count). The average Bonchev–Trinajstić information content (AvgIpc) is 3.74. The topological polar surface area (TPSA) is 51.8 Å². The van der Waals surface area contributed by atoms with Crippen molar-refractivity contribution in [2.75, 3.05) is 0 Å². The third kappa shape index (κ3) is 5.96. The Morgan fingerprint density at radius 2 is 0.721 bits per heavy atom. The predicted molar refractivity (Wildman–Crippen MR) is 252 cm³/mol. The molecule has 0 bridgehead atoms. The summed E-state index contributed by atoms with van der Waals surface area (Å²) in [5, 5.41) is 9.23. The summed E-state index contributed by atoms with van der Waals surface area (Å²) in [6, 6.07) is 74.5. The molecule has 0 amide bonds. The van der Waals surface area contributed by atoms with Crippen LogP contribution in [0.2, 0.25) is 0 Å². The molecule has 0 spiro atoms. The van der Waals surface area contributed by atoms with E-state index in [1.165, 1.54) is 32.5 Å². The van der Waals surface area contributed by atoms with E-state index in [9.17, 15) is 0 Å². The molecule has 0 radical (unpaired) electrons. The highest BCUT2D eigenvalue weighted by atomic mass is 16.3. The van der Waals surface area contributed by atoms with E-state index < -0.39 is 0 Å². The zero-order chi connectivity index (χ0) is 40.3. The van der Waals surface area contributed by atoms with Gasteiger partial charge in [0.15, 0.2) is 17.5 Å². The van der Waals surface area contributed by atoms with Gasteiger partial charge in [0.2, 0.25) is 0 Å². The first kappa shape index (κ1) is 34.8. The molecule has 0 saturated heterocycles. The van der Waals surface area contributed by atoms with Crippen molar-refractivity contribution >= 4 is 54.3 Å². The standard InChI is InChI=1S/C57H35N3O/c1-3-14-36(15-4-1)38-28-30-39(31-29-38)55-58-56(42-32-33-48-46-22-8-7-20-44(46)45-21-9-10-23-47(45)51(48)35-42)60-57(59-55)50-26-13-27-52-53(50)49-25-12-24-43(54(49)61-52)41-19-11-18-40(34-41)37-16-5-2-6-17-37/h1-35H. The molecule has 2 aromatic heterocycles. The Hall–Kier alpha value is -8.21. The van der Waals surface area contributed by atoms with Crippen LogP contribution < -0.4 is 0 Å². The van der Waals surface area contributed by atoms with E-state index in [0.717, 1.165) is 71.8 Å². The zero-order valence-electron chi connectivity index (χ0n) is 33.0. The third-order valence-corrected chi connectivity index (χ3v) is 11.9. The summed E-state index contributed by atoms with van der Waals surface area (Å²) >= 11 is 0. The first-order valence-corrected chi connectivity index (χ1v) is 20.6. The van der Waals surface area contributed by atoms with Crippen molar-refractivity contribution in [1.29, 1.82) is 0 Å². The number of aromatic nitrogens is 3. The predicted octanol–water partition coefficient (Wildman–Crippen LogP) is 15.2. The number of benzene rings is 10. The molecule has 0 saturated carbocycles. The minimum atomic E-state index is 0.584. The Bertz CT molecular complexity index is 3600. The first-order chi connectivity index (χ1) is 30.2. The quantitative estimate of drug-likeness (QED) is 0.158. The molecule has 0 fully saturated rings. The van der Waals surface area contributed by atoms with Crippen LogP contribution in [0, 0.1) is 0 Å². The second-order valence-electron chi connectivity index (χ2n) is 15.5. The van der Waals surface area contributed by atoms with Gasteiger partial charge >= 0.3 is 0 Å². The molecule has 284 valence electrons. The molecule has 12 aromatic rings. The number of fused-ring (bicyclic) bond motifs is 9. The van der Waals surface area contributed by atoms with Gasteiger partial charge in [0.1, 0.15) is 11.2 Å². The molecule has 4 nitrogen and oxygen atoms in total. The summed E-state index contributed by atoms with van der Waals surface area (Å²) in [6.45, 7) is 0. The third-order valence-electron chi connectivity index (χ3n) is 11.9. The maximum absolute atomic E-state index is 6.78. The Labute approximate surface area is 352 Å². The maximum Gasteiger partial charge on any atom is 0.164 e. The Morgan fingerprint density at radius 1 is 0.262 bits per heavy atom. The highest BCUT2D eigenvalue weighted by Gasteiger charge is 2.20. The lowest BCUT2D eigenvalue weighted by molar-refractivity contribution is 0.670. The molecule has 0 unspecified atom stereocenters. The smallest absolute Gasteiger partial charge is 0.164 e. The zero-order valence-corrected chi connectivity index (χ0v) is 33.0. The summed E-state index contributed by atoms with van der Waals surface area (Å²) < 4.78 is 6.78. The monoisotopic (exact) mass is 777 g/mol. The van der Waals surface area contributed by atoms with Crippen LogP contribution in [0.25, 0.3) is 122 Å². The maximum atomic E-state index is 6.78.